The van der Waals surface area contributed by atoms with Gasteiger partial charge in [0.1, 0.15) is 0 Å². The van der Waals surface area contributed by atoms with E-state index >= 15 is 0 Å². The molecule has 0 saturated carbocycles. The number of hydrogen-bond donors (Lipinski definition) is 3. The van der Waals surface area contributed by atoms with Gasteiger partial charge in [-0.3, -0.25) is 10.1 Å². The number of nitro benzene ring substituents is 1. The van der Waals surface area contributed by atoms with Crippen molar-refractivity contribution in [3.63, 3.8) is 0 Å². The normalized spacial score (nSPS) is 10.8. The number of rotatable bonds is 4. The second-order valence-electron chi connectivity index (χ2n) is 4.43. The van der Waals surface area contributed by atoms with Crippen LogP contribution in [0.4, 0.5) is 16.2 Å². The van der Waals surface area contributed by atoms with Gasteiger partial charge in [-0.1, -0.05) is 0 Å². The Hall–Kier alpha value is -2.15. The minimum absolute atomic E-state index is 0.0448. The highest BCUT2D eigenvalue weighted by Crippen LogP contribution is 2.15. The minimum atomic E-state index is -0.731. The van der Waals surface area contributed by atoms with Gasteiger partial charge in [-0.25, -0.2) is 4.79 Å². The molecular formula is C11H15N3O4. The monoisotopic (exact) mass is 253 g/mol. The maximum absolute atomic E-state index is 11.5. The molecule has 0 spiro atoms. The molecular weight excluding hydrogens is 238 g/mol. The van der Waals surface area contributed by atoms with E-state index in [2.05, 4.69) is 10.6 Å². The molecule has 7 heteroatoms. The molecule has 1 rings (SSSR count). The SMILES string of the molecule is CC(C)(CO)NC(=O)Nc1ccc([N+](=O)[O-])cc1. The molecule has 3 N–H and O–H groups in total. The number of benzene rings is 1. The predicted molar refractivity (Wildman–Crippen MR) is 66.4 cm³/mol. The van der Waals surface area contributed by atoms with Crippen LogP contribution in [0.3, 0.4) is 0 Å². The first kappa shape index (κ1) is 13.9. The number of non-ortho nitro benzene ring substituents is 1. The number of urea groups is 1. The summed E-state index contributed by atoms with van der Waals surface area (Å²) < 4.78 is 0. The molecule has 1 aromatic carbocycles. The lowest BCUT2D eigenvalue weighted by molar-refractivity contribution is -0.384. The fourth-order valence-corrected chi connectivity index (χ4v) is 1.18. The Morgan fingerprint density at radius 2 is 1.94 bits per heavy atom. The van der Waals surface area contributed by atoms with Crippen LogP contribution in [0.1, 0.15) is 13.8 Å². The Labute approximate surface area is 104 Å². The number of anilines is 1. The second kappa shape index (κ2) is 5.46. The molecule has 0 aliphatic heterocycles. The summed E-state index contributed by atoms with van der Waals surface area (Å²) in [6, 6.07) is 4.98. The zero-order valence-electron chi connectivity index (χ0n) is 10.1. The van der Waals surface area contributed by atoms with Gasteiger partial charge in [0.25, 0.3) is 5.69 Å². The zero-order valence-corrected chi connectivity index (χ0v) is 10.1. The number of nitro groups is 1. The van der Waals surface area contributed by atoms with Crippen molar-refractivity contribution in [1.29, 1.82) is 0 Å². The highest BCUT2D eigenvalue weighted by Gasteiger charge is 2.19. The summed E-state index contributed by atoms with van der Waals surface area (Å²) in [6.07, 6.45) is 0. The highest BCUT2D eigenvalue weighted by atomic mass is 16.6. The Kier molecular flexibility index (Phi) is 4.22. The van der Waals surface area contributed by atoms with Gasteiger partial charge in [-0.15, -0.1) is 0 Å². The molecule has 0 bridgehead atoms. The largest absolute Gasteiger partial charge is 0.394 e. The number of aliphatic hydroxyl groups is 1. The number of aliphatic hydroxyl groups excluding tert-OH is 1. The van der Waals surface area contributed by atoms with Crippen molar-refractivity contribution in [3.05, 3.63) is 34.4 Å². The molecule has 2 amide bonds. The lowest BCUT2D eigenvalue weighted by Gasteiger charge is -2.23. The van der Waals surface area contributed by atoms with E-state index in [0.717, 1.165) is 0 Å². The third kappa shape index (κ3) is 4.02. The van der Waals surface area contributed by atoms with E-state index in [0.29, 0.717) is 5.69 Å². The fourth-order valence-electron chi connectivity index (χ4n) is 1.18. The first-order chi connectivity index (χ1) is 8.34. The number of nitrogens with zero attached hydrogens (tertiary/aromatic N) is 1. The first-order valence-electron chi connectivity index (χ1n) is 5.28. The molecule has 0 saturated heterocycles. The van der Waals surface area contributed by atoms with Crippen molar-refractivity contribution >= 4 is 17.4 Å². The van der Waals surface area contributed by atoms with Crippen molar-refractivity contribution in [1.82, 2.24) is 5.32 Å². The predicted octanol–water partition coefficient (Wildman–Crippen LogP) is 1.49. The number of amides is 2. The van der Waals surface area contributed by atoms with Gasteiger partial charge < -0.3 is 15.7 Å². The average Bonchev–Trinajstić information content (AvgIpc) is 2.29. The Balaban J connectivity index is 2.63. The first-order valence-corrected chi connectivity index (χ1v) is 5.28. The van der Waals surface area contributed by atoms with Crippen molar-refractivity contribution in [2.75, 3.05) is 11.9 Å². The van der Waals surface area contributed by atoms with Crippen LogP contribution in [-0.4, -0.2) is 28.2 Å². The molecule has 0 aliphatic rings. The Bertz CT molecular complexity index is 442. The summed E-state index contributed by atoms with van der Waals surface area (Å²) >= 11 is 0. The minimum Gasteiger partial charge on any atom is -0.394 e. The van der Waals surface area contributed by atoms with Gasteiger partial charge in [0.05, 0.1) is 17.1 Å². The summed E-state index contributed by atoms with van der Waals surface area (Å²) in [7, 11) is 0. The third-order valence-electron chi connectivity index (χ3n) is 2.18. The molecule has 1 aromatic rings. The van der Waals surface area contributed by atoms with Crippen LogP contribution in [0.15, 0.2) is 24.3 Å². The second-order valence-corrected chi connectivity index (χ2v) is 4.43. The van der Waals surface area contributed by atoms with E-state index in [-0.39, 0.29) is 12.3 Å². The van der Waals surface area contributed by atoms with Crippen LogP contribution in [0.25, 0.3) is 0 Å². The molecule has 0 aromatic heterocycles. The van der Waals surface area contributed by atoms with Gasteiger partial charge in [0.15, 0.2) is 0 Å². The lowest BCUT2D eigenvalue weighted by Crippen LogP contribution is -2.48. The molecule has 0 atom stereocenters. The van der Waals surface area contributed by atoms with Crippen molar-refractivity contribution in [3.8, 4) is 0 Å². The summed E-state index contributed by atoms with van der Waals surface area (Å²) in [6.45, 7) is 3.14. The van der Waals surface area contributed by atoms with E-state index in [1.54, 1.807) is 13.8 Å². The van der Waals surface area contributed by atoms with Crippen LogP contribution in [0.2, 0.25) is 0 Å². The smallest absolute Gasteiger partial charge is 0.319 e. The lowest BCUT2D eigenvalue weighted by atomic mass is 10.1. The maximum atomic E-state index is 11.5. The summed E-state index contributed by atoms with van der Waals surface area (Å²) in [4.78, 5) is 21.5. The molecule has 98 valence electrons. The van der Waals surface area contributed by atoms with Crippen LogP contribution in [0.5, 0.6) is 0 Å². The third-order valence-corrected chi connectivity index (χ3v) is 2.18. The van der Waals surface area contributed by atoms with Crippen molar-refractivity contribution < 1.29 is 14.8 Å². The Morgan fingerprint density at radius 1 is 1.39 bits per heavy atom. The topological polar surface area (TPSA) is 104 Å². The molecule has 0 aliphatic carbocycles. The fraction of sp³-hybridized carbons (Fsp3) is 0.364. The van der Waals surface area contributed by atoms with Gasteiger partial charge in [0.2, 0.25) is 0 Å². The van der Waals surface area contributed by atoms with E-state index < -0.39 is 16.5 Å². The maximum Gasteiger partial charge on any atom is 0.319 e. The van der Waals surface area contributed by atoms with Crippen LogP contribution < -0.4 is 10.6 Å². The van der Waals surface area contributed by atoms with E-state index in [1.807, 2.05) is 0 Å². The Morgan fingerprint density at radius 3 is 2.39 bits per heavy atom. The van der Waals surface area contributed by atoms with Gasteiger partial charge >= 0.3 is 6.03 Å². The van der Waals surface area contributed by atoms with E-state index in [1.165, 1.54) is 24.3 Å². The number of nitrogens with one attached hydrogen (secondary N) is 2. The molecule has 7 nitrogen and oxygen atoms in total. The van der Waals surface area contributed by atoms with E-state index in [9.17, 15) is 14.9 Å². The van der Waals surface area contributed by atoms with Gasteiger partial charge in [-0.05, 0) is 26.0 Å². The molecule has 0 fully saturated rings. The quantitative estimate of drug-likeness (QED) is 0.558. The number of carbonyl (C=O) groups excluding carboxylic acids is 1. The summed E-state index contributed by atoms with van der Waals surface area (Å²) in [5, 5.41) is 24.5. The van der Waals surface area contributed by atoms with Crippen LogP contribution in [-0.2, 0) is 0 Å². The van der Waals surface area contributed by atoms with Crippen LogP contribution >= 0.6 is 0 Å². The molecule has 0 unspecified atom stereocenters. The average molecular weight is 253 g/mol. The highest BCUT2D eigenvalue weighted by molar-refractivity contribution is 5.89. The molecule has 0 heterocycles. The van der Waals surface area contributed by atoms with Gasteiger partial charge in [-0.2, -0.15) is 0 Å². The number of carbonyl (C=O) groups is 1. The summed E-state index contributed by atoms with van der Waals surface area (Å²) in [5.74, 6) is 0. The molecule has 18 heavy (non-hydrogen) atoms. The summed E-state index contributed by atoms with van der Waals surface area (Å²) in [5.41, 5.74) is -0.339. The molecule has 0 radical (unpaired) electrons. The van der Waals surface area contributed by atoms with Crippen molar-refractivity contribution in [2.24, 2.45) is 0 Å². The number of hydrogen-bond acceptors (Lipinski definition) is 4. The zero-order chi connectivity index (χ0) is 13.8. The van der Waals surface area contributed by atoms with Gasteiger partial charge in [0, 0.05) is 17.8 Å². The van der Waals surface area contributed by atoms with Crippen LogP contribution in [0, 0.1) is 10.1 Å². The van der Waals surface area contributed by atoms with Crippen molar-refractivity contribution in [2.45, 2.75) is 19.4 Å². The standard InChI is InChI=1S/C11H15N3O4/c1-11(2,7-15)13-10(16)12-8-3-5-9(6-4-8)14(17)18/h3-6,15H,7H2,1-2H3,(H2,12,13,16). The van der Waals surface area contributed by atoms with E-state index in [4.69, 9.17) is 5.11 Å².